The molecule has 2 heterocycles. The van der Waals surface area contributed by atoms with Crippen LogP contribution < -0.4 is 16.0 Å². The van der Waals surface area contributed by atoms with Crippen molar-refractivity contribution in [1.82, 2.24) is 15.3 Å². The molecule has 1 aliphatic heterocycles. The molecule has 0 saturated heterocycles. The Kier molecular flexibility index (Phi) is 5.70. The Labute approximate surface area is 179 Å². The maximum Gasteiger partial charge on any atom is 0.254 e. The summed E-state index contributed by atoms with van der Waals surface area (Å²) >= 11 is 0. The van der Waals surface area contributed by atoms with Gasteiger partial charge in [-0.25, -0.2) is 4.98 Å². The lowest BCUT2D eigenvalue weighted by Crippen LogP contribution is -2.41. The topological polar surface area (TPSA) is 116 Å². The van der Waals surface area contributed by atoms with Gasteiger partial charge in [-0.1, -0.05) is 26.0 Å². The van der Waals surface area contributed by atoms with Gasteiger partial charge in [0, 0.05) is 18.5 Å². The van der Waals surface area contributed by atoms with Gasteiger partial charge in [0.15, 0.2) is 0 Å². The molecule has 160 valence electrons. The van der Waals surface area contributed by atoms with Crippen LogP contribution in [0.2, 0.25) is 0 Å². The molecular weight excluding hydrogens is 394 g/mol. The lowest BCUT2D eigenvalue weighted by molar-refractivity contribution is -0.118. The van der Waals surface area contributed by atoms with Crippen LogP contribution in [0, 0.1) is 5.92 Å². The second kappa shape index (κ2) is 8.59. The van der Waals surface area contributed by atoms with E-state index in [1.54, 1.807) is 30.3 Å². The van der Waals surface area contributed by atoms with E-state index in [1.807, 2.05) is 12.1 Å². The van der Waals surface area contributed by atoms with Gasteiger partial charge in [0.1, 0.15) is 11.9 Å². The lowest BCUT2D eigenvalue weighted by Gasteiger charge is -2.14. The summed E-state index contributed by atoms with van der Waals surface area (Å²) in [5.41, 5.74) is 3.25. The largest absolute Gasteiger partial charge is 0.342 e. The minimum Gasteiger partial charge on any atom is -0.342 e. The molecule has 8 nitrogen and oxygen atoms in total. The Hall–Kier alpha value is -3.68. The van der Waals surface area contributed by atoms with Crippen LogP contribution in [0.4, 0.5) is 11.4 Å². The van der Waals surface area contributed by atoms with Crippen molar-refractivity contribution in [3.8, 4) is 0 Å². The molecule has 1 aromatic heterocycles. The SMILES string of the molecule is CC(C)Cc1nc2ccc(NC(=O)CC[C@@H]3NC(=O)c4ccccc4NC3=O)cc2[nH]1. The van der Waals surface area contributed by atoms with E-state index in [1.165, 1.54) is 0 Å². The molecule has 0 radical (unpaired) electrons. The Morgan fingerprint density at radius 3 is 2.77 bits per heavy atom. The number of nitrogens with one attached hydrogen (secondary N) is 4. The molecule has 8 heteroatoms. The van der Waals surface area contributed by atoms with Crippen LogP contribution in [0.1, 0.15) is 42.9 Å². The fourth-order valence-corrected chi connectivity index (χ4v) is 3.64. The van der Waals surface area contributed by atoms with Gasteiger partial charge in [-0.2, -0.15) is 0 Å². The third-order valence-electron chi connectivity index (χ3n) is 5.13. The Morgan fingerprint density at radius 1 is 1.16 bits per heavy atom. The number of imidazole rings is 1. The van der Waals surface area contributed by atoms with Gasteiger partial charge >= 0.3 is 0 Å². The van der Waals surface area contributed by atoms with Crippen LogP contribution in [0.3, 0.4) is 0 Å². The molecule has 0 fully saturated rings. The number of hydrogen-bond acceptors (Lipinski definition) is 4. The van der Waals surface area contributed by atoms with E-state index in [0.717, 1.165) is 23.3 Å². The van der Waals surface area contributed by atoms with E-state index < -0.39 is 6.04 Å². The zero-order chi connectivity index (χ0) is 22.0. The zero-order valence-electron chi connectivity index (χ0n) is 17.5. The monoisotopic (exact) mass is 419 g/mol. The number of para-hydroxylation sites is 1. The average molecular weight is 419 g/mol. The van der Waals surface area contributed by atoms with E-state index in [-0.39, 0.29) is 30.6 Å². The van der Waals surface area contributed by atoms with Crippen LogP contribution in [0.25, 0.3) is 11.0 Å². The number of benzene rings is 2. The Balaban J connectivity index is 1.37. The van der Waals surface area contributed by atoms with Crippen molar-refractivity contribution < 1.29 is 14.4 Å². The van der Waals surface area contributed by atoms with Gasteiger partial charge in [-0.3, -0.25) is 14.4 Å². The fraction of sp³-hybridized carbons (Fsp3) is 0.304. The zero-order valence-corrected chi connectivity index (χ0v) is 17.5. The minimum atomic E-state index is -0.778. The lowest BCUT2D eigenvalue weighted by atomic mass is 10.1. The van der Waals surface area contributed by atoms with Crippen molar-refractivity contribution >= 4 is 40.1 Å². The summed E-state index contributed by atoms with van der Waals surface area (Å²) in [6, 6.07) is 11.6. The quantitative estimate of drug-likeness (QED) is 0.491. The second-order valence-electron chi connectivity index (χ2n) is 8.16. The highest BCUT2D eigenvalue weighted by molar-refractivity contribution is 6.10. The Morgan fingerprint density at radius 2 is 1.97 bits per heavy atom. The van der Waals surface area contributed by atoms with Crippen molar-refractivity contribution in [3.63, 3.8) is 0 Å². The number of carbonyl (C=O) groups excluding carboxylic acids is 3. The molecule has 3 amide bonds. The molecule has 0 saturated carbocycles. The summed E-state index contributed by atoms with van der Waals surface area (Å²) in [6.07, 6.45) is 1.14. The molecule has 4 N–H and O–H groups in total. The van der Waals surface area contributed by atoms with Crippen LogP contribution in [0.15, 0.2) is 42.5 Å². The molecule has 31 heavy (non-hydrogen) atoms. The van der Waals surface area contributed by atoms with E-state index in [2.05, 4.69) is 39.8 Å². The molecule has 0 unspecified atom stereocenters. The number of aromatic amines is 1. The summed E-state index contributed by atoms with van der Waals surface area (Å²) in [5.74, 6) is 0.521. The maximum absolute atomic E-state index is 12.5. The number of nitrogens with zero attached hydrogens (tertiary/aromatic N) is 1. The molecule has 2 aromatic carbocycles. The maximum atomic E-state index is 12.5. The first-order chi connectivity index (χ1) is 14.9. The van der Waals surface area contributed by atoms with Gasteiger partial charge in [0.2, 0.25) is 11.8 Å². The number of anilines is 2. The number of rotatable bonds is 6. The van der Waals surface area contributed by atoms with E-state index in [4.69, 9.17) is 0 Å². The van der Waals surface area contributed by atoms with Gasteiger partial charge in [0.05, 0.1) is 22.3 Å². The first-order valence-electron chi connectivity index (χ1n) is 10.4. The van der Waals surface area contributed by atoms with Crippen LogP contribution in [0.5, 0.6) is 0 Å². The first-order valence-corrected chi connectivity index (χ1v) is 10.4. The molecule has 3 aromatic rings. The molecular formula is C23H25N5O3. The van der Waals surface area contributed by atoms with Crippen LogP contribution in [-0.4, -0.2) is 33.7 Å². The molecule has 4 rings (SSSR count). The summed E-state index contributed by atoms with van der Waals surface area (Å²) in [5, 5.41) is 8.30. The number of carbonyl (C=O) groups is 3. The average Bonchev–Trinajstić information content (AvgIpc) is 3.06. The first kappa shape index (κ1) is 20.6. The highest BCUT2D eigenvalue weighted by Crippen LogP contribution is 2.21. The molecule has 0 bridgehead atoms. The van der Waals surface area contributed by atoms with Crippen molar-refractivity contribution in [2.75, 3.05) is 10.6 Å². The number of aromatic nitrogens is 2. The predicted molar refractivity (Wildman–Crippen MR) is 119 cm³/mol. The normalized spacial score (nSPS) is 15.9. The third kappa shape index (κ3) is 4.74. The van der Waals surface area contributed by atoms with E-state index in [0.29, 0.717) is 22.9 Å². The van der Waals surface area contributed by atoms with Crippen molar-refractivity contribution in [2.24, 2.45) is 5.92 Å². The van der Waals surface area contributed by atoms with Crippen LogP contribution in [-0.2, 0) is 16.0 Å². The predicted octanol–water partition coefficient (Wildman–Crippen LogP) is 3.23. The summed E-state index contributed by atoms with van der Waals surface area (Å²) in [6.45, 7) is 4.27. The molecule has 1 atom stereocenters. The molecule has 1 aliphatic rings. The number of amides is 3. The standard InChI is InChI=1S/C23H25N5O3/c1-13(2)11-20-25-17-8-7-14(12-19(17)26-20)24-21(29)10-9-18-23(31)27-16-6-4-3-5-15(16)22(30)28-18/h3-8,12-13,18H,9-11H2,1-2H3,(H,24,29)(H,25,26)(H,27,31)(H,28,30)/t18-/m0/s1. The molecule has 0 spiro atoms. The third-order valence-corrected chi connectivity index (χ3v) is 5.13. The number of fused-ring (bicyclic) bond motifs is 2. The van der Waals surface area contributed by atoms with E-state index >= 15 is 0 Å². The van der Waals surface area contributed by atoms with Crippen molar-refractivity contribution in [2.45, 2.75) is 39.2 Å². The van der Waals surface area contributed by atoms with Crippen molar-refractivity contribution in [3.05, 3.63) is 53.9 Å². The van der Waals surface area contributed by atoms with Gasteiger partial charge < -0.3 is 20.9 Å². The summed E-state index contributed by atoms with van der Waals surface area (Å²) in [7, 11) is 0. The summed E-state index contributed by atoms with van der Waals surface area (Å²) < 4.78 is 0. The Bertz CT molecular complexity index is 1150. The number of hydrogen-bond donors (Lipinski definition) is 4. The highest BCUT2D eigenvalue weighted by Gasteiger charge is 2.27. The van der Waals surface area contributed by atoms with Gasteiger partial charge in [-0.05, 0) is 42.7 Å². The van der Waals surface area contributed by atoms with Crippen molar-refractivity contribution in [1.29, 1.82) is 0 Å². The summed E-state index contributed by atoms with van der Waals surface area (Å²) in [4.78, 5) is 45.1. The fourth-order valence-electron chi connectivity index (χ4n) is 3.64. The number of H-pyrrole nitrogens is 1. The van der Waals surface area contributed by atoms with Gasteiger partial charge in [-0.15, -0.1) is 0 Å². The highest BCUT2D eigenvalue weighted by atomic mass is 16.2. The minimum absolute atomic E-state index is 0.0916. The molecule has 0 aliphatic carbocycles. The smallest absolute Gasteiger partial charge is 0.254 e. The van der Waals surface area contributed by atoms with E-state index in [9.17, 15) is 14.4 Å². The second-order valence-corrected chi connectivity index (χ2v) is 8.16. The van der Waals surface area contributed by atoms with Gasteiger partial charge in [0.25, 0.3) is 5.91 Å². The van der Waals surface area contributed by atoms with Crippen LogP contribution >= 0.6 is 0 Å².